The standard InChI is InChI=1S/C13H19FN2O4S/c1-20-9-8-16(21(2,18)19)7-6-15-13(17)11-4-3-5-12(14)10-11/h3-5,10H,6-9H2,1-2H3,(H,15,17). The molecule has 0 unspecified atom stereocenters. The van der Waals surface area contributed by atoms with Crippen LogP contribution < -0.4 is 5.32 Å². The van der Waals surface area contributed by atoms with Gasteiger partial charge in [-0.3, -0.25) is 4.79 Å². The Kier molecular flexibility index (Phi) is 6.73. The number of sulfonamides is 1. The van der Waals surface area contributed by atoms with Gasteiger partial charge in [0.1, 0.15) is 5.82 Å². The van der Waals surface area contributed by atoms with Crippen molar-refractivity contribution in [1.82, 2.24) is 9.62 Å². The first-order valence-electron chi connectivity index (χ1n) is 6.32. The Bertz CT molecular complexity index is 577. The molecule has 0 aromatic heterocycles. The molecule has 1 rings (SSSR count). The molecule has 0 saturated heterocycles. The Labute approximate surface area is 123 Å². The van der Waals surface area contributed by atoms with Gasteiger partial charge >= 0.3 is 0 Å². The van der Waals surface area contributed by atoms with Crippen molar-refractivity contribution in [1.29, 1.82) is 0 Å². The molecule has 118 valence electrons. The number of rotatable bonds is 8. The number of hydrogen-bond acceptors (Lipinski definition) is 4. The van der Waals surface area contributed by atoms with Gasteiger partial charge in [0.2, 0.25) is 10.0 Å². The summed E-state index contributed by atoms with van der Waals surface area (Å²) in [6, 6.07) is 5.28. The Morgan fingerprint density at radius 2 is 2.10 bits per heavy atom. The highest BCUT2D eigenvalue weighted by Gasteiger charge is 2.16. The molecular weight excluding hydrogens is 299 g/mol. The van der Waals surface area contributed by atoms with Crippen LogP contribution in [0.15, 0.2) is 24.3 Å². The number of amides is 1. The van der Waals surface area contributed by atoms with Crippen molar-refractivity contribution in [2.24, 2.45) is 0 Å². The number of nitrogens with zero attached hydrogens (tertiary/aromatic N) is 1. The van der Waals surface area contributed by atoms with Gasteiger partial charge in [0.15, 0.2) is 0 Å². The quantitative estimate of drug-likeness (QED) is 0.756. The van der Waals surface area contributed by atoms with Crippen LogP contribution >= 0.6 is 0 Å². The van der Waals surface area contributed by atoms with Crippen molar-refractivity contribution in [2.75, 3.05) is 39.6 Å². The summed E-state index contributed by atoms with van der Waals surface area (Å²) in [6.45, 7) is 0.742. The van der Waals surface area contributed by atoms with Crippen LogP contribution in [0.5, 0.6) is 0 Å². The van der Waals surface area contributed by atoms with Crippen LogP contribution in [0.1, 0.15) is 10.4 Å². The molecule has 0 aliphatic heterocycles. The Morgan fingerprint density at radius 1 is 1.38 bits per heavy atom. The van der Waals surface area contributed by atoms with Gasteiger partial charge in [0.25, 0.3) is 5.91 Å². The molecule has 0 saturated carbocycles. The number of nitrogens with one attached hydrogen (secondary N) is 1. The van der Waals surface area contributed by atoms with E-state index in [0.717, 1.165) is 12.3 Å². The number of ether oxygens (including phenoxy) is 1. The van der Waals surface area contributed by atoms with E-state index in [0.29, 0.717) is 0 Å². The van der Waals surface area contributed by atoms with Gasteiger partial charge in [-0.05, 0) is 18.2 Å². The smallest absolute Gasteiger partial charge is 0.251 e. The molecule has 1 amide bonds. The molecule has 0 spiro atoms. The number of carbonyl (C=O) groups is 1. The molecule has 1 aromatic carbocycles. The fraction of sp³-hybridized carbons (Fsp3) is 0.462. The summed E-state index contributed by atoms with van der Waals surface area (Å²) < 4.78 is 42.1. The average Bonchev–Trinajstić information content (AvgIpc) is 2.41. The number of benzene rings is 1. The maximum Gasteiger partial charge on any atom is 0.251 e. The van der Waals surface area contributed by atoms with E-state index in [1.54, 1.807) is 0 Å². The van der Waals surface area contributed by atoms with Crippen LogP contribution in [0.3, 0.4) is 0 Å². The SMILES string of the molecule is COCCN(CCNC(=O)c1cccc(F)c1)S(C)(=O)=O. The van der Waals surface area contributed by atoms with Crippen molar-refractivity contribution >= 4 is 15.9 Å². The van der Waals surface area contributed by atoms with Crippen LogP contribution in [0.4, 0.5) is 4.39 Å². The van der Waals surface area contributed by atoms with Crippen LogP contribution in [0.25, 0.3) is 0 Å². The van der Waals surface area contributed by atoms with E-state index in [-0.39, 0.29) is 31.8 Å². The third kappa shape index (κ3) is 6.19. The summed E-state index contributed by atoms with van der Waals surface area (Å²) in [7, 11) is -1.89. The normalized spacial score (nSPS) is 11.6. The molecule has 0 heterocycles. The number of hydrogen-bond donors (Lipinski definition) is 1. The minimum Gasteiger partial charge on any atom is -0.383 e. The van der Waals surface area contributed by atoms with Gasteiger partial charge in [-0.15, -0.1) is 0 Å². The predicted octanol–water partition coefficient (Wildman–Crippen LogP) is 0.463. The van der Waals surface area contributed by atoms with Gasteiger partial charge in [0.05, 0.1) is 12.9 Å². The minimum absolute atomic E-state index is 0.128. The Balaban J connectivity index is 2.52. The molecule has 1 N–H and O–H groups in total. The molecule has 0 aliphatic rings. The van der Waals surface area contributed by atoms with Gasteiger partial charge in [0, 0.05) is 32.3 Å². The summed E-state index contributed by atoms with van der Waals surface area (Å²) in [4.78, 5) is 11.8. The lowest BCUT2D eigenvalue weighted by Crippen LogP contribution is -2.39. The second-order valence-electron chi connectivity index (χ2n) is 4.42. The molecule has 6 nitrogen and oxygen atoms in total. The summed E-state index contributed by atoms with van der Waals surface area (Å²) in [5.41, 5.74) is 0.192. The third-order valence-corrected chi connectivity index (χ3v) is 4.05. The summed E-state index contributed by atoms with van der Waals surface area (Å²) in [5.74, 6) is -0.949. The Hall–Kier alpha value is -1.51. The molecular formula is C13H19FN2O4S. The van der Waals surface area contributed by atoms with E-state index in [1.165, 1.54) is 29.6 Å². The van der Waals surface area contributed by atoms with E-state index < -0.39 is 21.7 Å². The van der Waals surface area contributed by atoms with Gasteiger partial charge in [-0.1, -0.05) is 6.07 Å². The zero-order valence-electron chi connectivity index (χ0n) is 12.0. The van der Waals surface area contributed by atoms with Crippen molar-refractivity contribution in [2.45, 2.75) is 0 Å². The topological polar surface area (TPSA) is 75.7 Å². The molecule has 0 fully saturated rings. The van der Waals surface area contributed by atoms with E-state index >= 15 is 0 Å². The fourth-order valence-electron chi connectivity index (χ4n) is 1.66. The average molecular weight is 318 g/mol. The van der Waals surface area contributed by atoms with Crippen LogP contribution in [-0.4, -0.2) is 58.2 Å². The highest BCUT2D eigenvalue weighted by molar-refractivity contribution is 7.88. The molecule has 1 aromatic rings. The Morgan fingerprint density at radius 3 is 2.67 bits per heavy atom. The zero-order chi connectivity index (χ0) is 15.9. The highest BCUT2D eigenvalue weighted by atomic mass is 32.2. The third-order valence-electron chi connectivity index (χ3n) is 2.75. The fourth-order valence-corrected chi connectivity index (χ4v) is 2.49. The van der Waals surface area contributed by atoms with Gasteiger partial charge in [-0.2, -0.15) is 4.31 Å². The molecule has 21 heavy (non-hydrogen) atoms. The van der Waals surface area contributed by atoms with Crippen LogP contribution in [0, 0.1) is 5.82 Å². The molecule has 0 radical (unpaired) electrons. The zero-order valence-corrected chi connectivity index (χ0v) is 12.8. The van der Waals surface area contributed by atoms with Crippen molar-refractivity contribution in [3.05, 3.63) is 35.6 Å². The van der Waals surface area contributed by atoms with E-state index in [1.807, 2.05) is 0 Å². The first-order chi connectivity index (χ1) is 9.84. The van der Waals surface area contributed by atoms with Crippen molar-refractivity contribution in [3.63, 3.8) is 0 Å². The molecule has 0 aliphatic carbocycles. The summed E-state index contributed by atoms with van der Waals surface area (Å²) in [5, 5.41) is 2.55. The van der Waals surface area contributed by atoms with Crippen LogP contribution in [0.2, 0.25) is 0 Å². The molecule has 8 heteroatoms. The number of methoxy groups -OCH3 is 1. The van der Waals surface area contributed by atoms with E-state index in [9.17, 15) is 17.6 Å². The van der Waals surface area contributed by atoms with E-state index in [2.05, 4.69) is 5.32 Å². The lowest BCUT2D eigenvalue weighted by atomic mass is 10.2. The summed E-state index contributed by atoms with van der Waals surface area (Å²) in [6.07, 6.45) is 1.09. The second-order valence-corrected chi connectivity index (χ2v) is 6.40. The largest absolute Gasteiger partial charge is 0.383 e. The molecule has 0 atom stereocenters. The van der Waals surface area contributed by atoms with Crippen LogP contribution in [-0.2, 0) is 14.8 Å². The minimum atomic E-state index is -3.36. The predicted molar refractivity (Wildman–Crippen MR) is 77.0 cm³/mol. The first-order valence-corrected chi connectivity index (χ1v) is 8.17. The maximum absolute atomic E-state index is 13.0. The number of halogens is 1. The van der Waals surface area contributed by atoms with E-state index in [4.69, 9.17) is 4.74 Å². The second kappa shape index (κ2) is 8.06. The molecule has 0 bridgehead atoms. The highest BCUT2D eigenvalue weighted by Crippen LogP contribution is 2.03. The lowest BCUT2D eigenvalue weighted by molar-refractivity contribution is 0.0950. The van der Waals surface area contributed by atoms with Gasteiger partial charge < -0.3 is 10.1 Å². The monoisotopic (exact) mass is 318 g/mol. The van der Waals surface area contributed by atoms with Crippen molar-refractivity contribution in [3.8, 4) is 0 Å². The lowest BCUT2D eigenvalue weighted by Gasteiger charge is -2.19. The first kappa shape index (κ1) is 17.5. The summed E-state index contributed by atoms with van der Waals surface area (Å²) >= 11 is 0. The van der Waals surface area contributed by atoms with Gasteiger partial charge in [-0.25, -0.2) is 12.8 Å². The van der Waals surface area contributed by atoms with Crippen molar-refractivity contribution < 1.29 is 22.3 Å². The number of carbonyl (C=O) groups excluding carboxylic acids is 1. The maximum atomic E-state index is 13.0.